The maximum absolute atomic E-state index is 4.64. The van der Waals surface area contributed by atoms with Crippen LogP contribution in [0.4, 0.5) is 5.82 Å². The Morgan fingerprint density at radius 2 is 2.08 bits per heavy atom. The van der Waals surface area contributed by atoms with E-state index >= 15 is 0 Å². The number of aromatic nitrogens is 7. The van der Waals surface area contributed by atoms with Gasteiger partial charge in [-0.1, -0.05) is 6.92 Å². The number of fused-ring (bicyclic) bond motifs is 1. The molecule has 0 amide bonds. The number of anilines is 1. The minimum Gasteiger partial charge on any atom is -0.369 e. The fraction of sp³-hybridized carbons (Fsp3) is 0.294. The van der Waals surface area contributed by atoms with Crippen LogP contribution >= 0.6 is 11.3 Å². The number of hydrogen-bond acceptors (Lipinski definition) is 8. The zero-order valence-corrected chi connectivity index (χ0v) is 15.4. The van der Waals surface area contributed by atoms with Gasteiger partial charge in [0.15, 0.2) is 5.65 Å². The van der Waals surface area contributed by atoms with Gasteiger partial charge in [0.25, 0.3) is 0 Å². The van der Waals surface area contributed by atoms with Crippen LogP contribution in [-0.2, 0) is 19.9 Å². The summed E-state index contributed by atoms with van der Waals surface area (Å²) in [6, 6.07) is 0. The summed E-state index contributed by atoms with van der Waals surface area (Å²) in [6.45, 7) is 2.78. The molecule has 0 aliphatic rings. The zero-order chi connectivity index (χ0) is 17.9. The second kappa shape index (κ2) is 7.12. The molecule has 1 N–H and O–H groups in total. The van der Waals surface area contributed by atoms with Gasteiger partial charge in [0, 0.05) is 44.2 Å². The van der Waals surface area contributed by atoms with Gasteiger partial charge in [-0.25, -0.2) is 15.0 Å². The molecule has 0 atom stereocenters. The van der Waals surface area contributed by atoms with Crippen LogP contribution < -0.4 is 5.32 Å². The van der Waals surface area contributed by atoms with Crippen molar-refractivity contribution in [3.05, 3.63) is 41.7 Å². The summed E-state index contributed by atoms with van der Waals surface area (Å²) in [5.74, 6) is 1.63. The summed E-state index contributed by atoms with van der Waals surface area (Å²) < 4.78 is 1.77. The van der Waals surface area contributed by atoms with Crippen molar-refractivity contribution < 1.29 is 0 Å². The second-order valence-corrected chi connectivity index (χ2v) is 6.62. The van der Waals surface area contributed by atoms with E-state index in [1.54, 1.807) is 40.8 Å². The fourth-order valence-electron chi connectivity index (χ4n) is 2.62. The average molecular weight is 366 g/mol. The zero-order valence-electron chi connectivity index (χ0n) is 14.5. The highest BCUT2D eigenvalue weighted by Crippen LogP contribution is 2.22. The predicted octanol–water partition coefficient (Wildman–Crippen LogP) is 2.49. The van der Waals surface area contributed by atoms with Crippen molar-refractivity contribution in [2.45, 2.75) is 19.8 Å². The van der Waals surface area contributed by atoms with Crippen LogP contribution in [0, 0.1) is 0 Å². The first-order valence-electron chi connectivity index (χ1n) is 8.38. The van der Waals surface area contributed by atoms with E-state index in [9.17, 15) is 0 Å². The molecule has 132 valence electrons. The number of hydrogen-bond donors (Lipinski definition) is 1. The number of rotatable bonds is 6. The molecule has 4 aromatic rings. The molecule has 9 heteroatoms. The second-order valence-electron chi connectivity index (χ2n) is 5.76. The first kappa shape index (κ1) is 16.5. The van der Waals surface area contributed by atoms with Crippen LogP contribution in [0.5, 0.6) is 0 Å². The van der Waals surface area contributed by atoms with Crippen molar-refractivity contribution >= 4 is 28.2 Å². The lowest BCUT2D eigenvalue weighted by Crippen LogP contribution is -2.09. The third-order valence-corrected chi connectivity index (χ3v) is 4.88. The van der Waals surface area contributed by atoms with Crippen LogP contribution in [0.1, 0.15) is 18.4 Å². The van der Waals surface area contributed by atoms with Gasteiger partial charge < -0.3 is 5.32 Å². The van der Waals surface area contributed by atoms with E-state index in [1.165, 1.54) is 0 Å². The predicted molar refractivity (Wildman–Crippen MR) is 101 cm³/mol. The molecule has 0 aliphatic heterocycles. The Kier molecular flexibility index (Phi) is 4.53. The van der Waals surface area contributed by atoms with Gasteiger partial charge in [0.1, 0.15) is 22.3 Å². The Bertz CT molecular complexity index is 1020. The lowest BCUT2D eigenvalue weighted by molar-refractivity contribution is 0.779. The van der Waals surface area contributed by atoms with Crippen molar-refractivity contribution in [1.82, 2.24) is 34.7 Å². The highest BCUT2D eigenvalue weighted by Gasteiger charge is 2.11. The van der Waals surface area contributed by atoms with Crippen molar-refractivity contribution in [2.24, 2.45) is 7.05 Å². The Hall–Kier alpha value is -2.94. The van der Waals surface area contributed by atoms with Crippen molar-refractivity contribution in [2.75, 3.05) is 11.9 Å². The highest BCUT2D eigenvalue weighted by molar-refractivity contribution is 7.13. The highest BCUT2D eigenvalue weighted by atomic mass is 32.1. The van der Waals surface area contributed by atoms with E-state index in [-0.39, 0.29) is 0 Å². The number of thiazole rings is 1. The number of aryl methyl sites for hydroxylation is 2. The molecule has 4 rings (SSSR count). The van der Waals surface area contributed by atoms with Gasteiger partial charge in [-0.15, -0.1) is 11.3 Å². The van der Waals surface area contributed by atoms with Gasteiger partial charge in [-0.05, 0) is 0 Å². The van der Waals surface area contributed by atoms with Gasteiger partial charge in [-0.3, -0.25) is 14.6 Å². The van der Waals surface area contributed by atoms with Crippen molar-refractivity contribution in [1.29, 1.82) is 0 Å². The SMILES string of the molecule is CCc1nc(NCCc2csc(-c3cnccn3)n2)c2cnn(C)c2n1. The molecule has 4 heterocycles. The maximum atomic E-state index is 4.64. The minimum atomic E-state index is 0.730. The lowest BCUT2D eigenvalue weighted by Gasteiger charge is -2.07. The van der Waals surface area contributed by atoms with E-state index in [4.69, 9.17) is 0 Å². The minimum absolute atomic E-state index is 0.730. The first-order valence-corrected chi connectivity index (χ1v) is 9.26. The molecule has 0 aliphatic carbocycles. The summed E-state index contributed by atoms with van der Waals surface area (Å²) in [6.07, 6.45) is 8.44. The van der Waals surface area contributed by atoms with Crippen LogP contribution in [0.2, 0.25) is 0 Å². The molecule has 0 saturated heterocycles. The summed E-state index contributed by atoms with van der Waals surface area (Å²) >= 11 is 1.58. The van der Waals surface area contributed by atoms with Gasteiger partial charge in [-0.2, -0.15) is 5.10 Å². The van der Waals surface area contributed by atoms with Crippen molar-refractivity contribution in [3.63, 3.8) is 0 Å². The summed E-state index contributed by atoms with van der Waals surface area (Å²) in [4.78, 5) is 22.2. The third kappa shape index (κ3) is 3.25. The molecule has 0 spiro atoms. The average Bonchev–Trinajstić information content (AvgIpc) is 3.30. The summed E-state index contributed by atoms with van der Waals surface area (Å²) in [7, 11) is 1.89. The molecule has 0 bridgehead atoms. The van der Waals surface area contributed by atoms with Gasteiger partial charge >= 0.3 is 0 Å². The van der Waals surface area contributed by atoms with E-state index in [0.29, 0.717) is 0 Å². The molecule has 0 fully saturated rings. The number of nitrogens with one attached hydrogen (secondary N) is 1. The number of nitrogens with zero attached hydrogens (tertiary/aromatic N) is 7. The Morgan fingerprint density at radius 3 is 2.88 bits per heavy atom. The molecular formula is C17H18N8S. The van der Waals surface area contributed by atoms with Crippen LogP contribution in [0.25, 0.3) is 21.7 Å². The van der Waals surface area contributed by atoms with Gasteiger partial charge in [0.2, 0.25) is 0 Å². The Labute approximate surface area is 154 Å². The monoisotopic (exact) mass is 366 g/mol. The lowest BCUT2D eigenvalue weighted by atomic mass is 10.3. The normalized spacial score (nSPS) is 11.2. The first-order chi connectivity index (χ1) is 12.7. The van der Waals surface area contributed by atoms with E-state index in [1.807, 2.05) is 14.0 Å². The topological polar surface area (TPSA) is 94.3 Å². The molecule has 26 heavy (non-hydrogen) atoms. The van der Waals surface area contributed by atoms with E-state index in [2.05, 4.69) is 40.7 Å². The Morgan fingerprint density at radius 1 is 1.15 bits per heavy atom. The van der Waals surface area contributed by atoms with Crippen LogP contribution in [0.3, 0.4) is 0 Å². The smallest absolute Gasteiger partial charge is 0.163 e. The van der Waals surface area contributed by atoms with E-state index in [0.717, 1.165) is 58.5 Å². The third-order valence-electron chi connectivity index (χ3n) is 3.96. The van der Waals surface area contributed by atoms with Crippen molar-refractivity contribution in [3.8, 4) is 10.7 Å². The molecule has 0 aromatic carbocycles. The van der Waals surface area contributed by atoms with Crippen LogP contribution in [0.15, 0.2) is 30.2 Å². The molecule has 0 radical (unpaired) electrons. The standard InChI is InChI=1S/C17H18N8S/c1-3-14-23-15(12-8-21-25(2)16(12)24-14)20-5-4-11-10-26-17(22-11)13-9-18-6-7-19-13/h6-10H,3-5H2,1-2H3,(H,20,23,24). The molecule has 8 nitrogen and oxygen atoms in total. The molecular weight excluding hydrogens is 348 g/mol. The summed E-state index contributed by atoms with van der Waals surface area (Å²) in [5.41, 5.74) is 2.67. The molecule has 0 saturated carbocycles. The molecule has 4 aromatic heterocycles. The fourth-order valence-corrected chi connectivity index (χ4v) is 3.43. The van der Waals surface area contributed by atoms with Gasteiger partial charge in [0.05, 0.1) is 23.5 Å². The molecule has 0 unspecified atom stereocenters. The van der Waals surface area contributed by atoms with E-state index < -0.39 is 0 Å². The largest absolute Gasteiger partial charge is 0.369 e. The quantitative estimate of drug-likeness (QED) is 0.560. The Balaban J connectivity index is 1.47. The van der Waals surface area contributed by atoms with Crippen LogP contribution in [-0.4, -0.2) is 41.2 Å². The maximum Gasteiger partial charge on any atom is 0.163 e. The summed E-state index contributed by atoms with van der Waals surface area (Å²) in [5, 5.41) is 11.6.